The van der Waals surface area contributed by atoms with Gasteiger partial charge in [0.25, 0.3) is 0 Å². The van der Waals surface area contributed by atoms with Crippen LogP contribution in [0.15, 0.2) is 24.3 Å². The summed E-state index contributed by atoms with van der Waals surface area (Å²) in [4.78, 5) is 20.4. The quantitative estimate of drug-likeness (QED) is 0.782. The van der Waals surface area contributed by atoms with Gasteiger partial charge in [0.1, 0.15) is 5.82 Å². The van der Waals surface area contributed by atoms with Gasteiger partial charge in [0.2, 0.25) is 11.0 Å². The van der Waals surface area contributed by atoms with Crippen LogP contribution in [-0.2, 0) is 11.2 Å². The van der Waals surface area contributed by atoms with E-state index >= 15 is 0 Å². The number of nitrogens with zero attached hydrogens (tertiary/aromatic N) is 4. The van der Waals surface area contributed by atoms with Crippen molar-refractivity contribution in [2.45, 2.75) is 27.2 Å². The number of aromatic nitrogens is 2. The van der Waals surface area contributed by atoms with E-state index in [1.807, 2.05) is 30.7 Å². The Hall–Kier alpha value is -1.95. The Labute approximate surface area is 142 Å². The lowest BCUT2D eigenvalue weighted by molar-refractivity contribution is -0.129. The second-order valence-electron chi connectivity index (χ2n) is 5.58. The van der Waals surface area contributed by atoms with Crippen molar-refractivity contribution in [3.8, 4) is 0 Å². The van der Waals surface area contributed by atoms with E-state index in [0.717, 1.165) is 24.0 Å². The van der Waals surface area contributed by atoms with E-state index in [2.05, 4.69) is 40.5 Å². The highest BCUT2D eigenvalue weighted by Gasteiger charge is 2.15. The van der Waals surface area contributed by atoms with Crippen LogP contribution in [0.1, 0.15) is 30.8 Å². The largest absolute Gasteiger partial charge is 0.342 e. The molecular weight excluding hydrogens is 308 g/mol. The van der Waals surface area contributed by atoms with Crippen molar-refractivity contribution in [2.24, 2.45) is 0 Å². The number of anilines is 1. The smallest absolute Gasteiger partial charge is 0.242 e. The van der Waals surface area contributed by atoms with E-state index in [4.69, 9.17) is 0 Å². The second-order valence-corrected chi connectivity index (χ2v) is 6.31. The average Bonchev–Trinajstić information content (AvgIpc) is 2.99. The molecule has 0 unspecified atom stereocenters. The van der Waals surface area contributed by atoms with Gasteiger partial charge >= 0.3 is 0 Å². The van der Waals surface area contributed by atoms with Crippen molar-refractivity contribution < 1.29 is 4.79 Å². The summed E-state index contributed by atoms with van der Waals surface area (Å²) in [6.07, 6.45) is 0.717. The summed E-state index contributed by atoms with van der Waals surface area (Å²) < 4.78 is 4.41. The molecule has 0 N–H and O–H groups in total. The number of carbonyl (C=O) groups is 1. The van der Waals surface area contributed by atoms with Crippen LogP contribution in [0.2, 0.25) is 0 Å². The molecule has 23 heavy (non-hydrogen) atoms. The van der Waals surface area contributed by atoms with Crippen LogP contribution in [-0.4, -0.2) is 46.8 Å². The Morgan fingerprint density at radius 2 is 1.83 bits per heavy atom. The second kappa shape index (κ2) is 8.06. The molecule has 0 saturated heterocycles. The van der Waals surface area contributed by atoms with E-state index in [9.17, 15) is 4.79 Å². The van der Waals surface area contributed by atoms with E-state index in [0.29, 0.717) is 13.0 Å². The maximum Gasteiger partial charge on any atom is 0.242 e. The molecule has 0 radical (unpaired) electrons. The molecule has 124 valence electrons. The number of likely N-dealkylation sites (N-methyl/N-ethyl adjacent to an activating group) is 2. The summed E-state index contributed by atoms with van der Waals surface area (Å²) in [5.74, 6) is 0.920. The maximum atomic E-state index is 12.2. The zero-order valence-corrected chi connectivity index (χ0v) is 15.1. The summed E-state index contributed by atoms with van der Waals surface area (Å²) in [6.45, 7) is 7.86. The van der Waals surface area contributed by atoms with Crippen LogP contribution in [0.3, 0.4) is 0 Å². The van der Waals surface area contributed by atoms with Crippen molar-refractivity contribution in [3.05, 3.63) is 41.2 Å². The van der Waals surface area contributed by atoms with E-state index in [1.165, 1.54) is 22.7 Å². The molecule has 0 atom stereocenters. The molecule has 1 aromatic carbocycles. The summed E-state index contributed by atoms with van der Waals surface area (Å²) in [6, 6.07) is 8.39. The first kappa shape index (κ1) is 17.4. The van der Waals surface area contributed by atoms with Crippen molar-refractivity contribution in [2.75, 3.05) is 31.6 Å². The molecule has 0 bridgehead atoms. The molecule has 2 aromatic rings. The Kier molecular flexibility index (Phi) is 6.10. The molecule has 6 heteroatoms. The molecule has 1 aromatic heterocycles. The minimum absolute atomic E-state index is 0.118. The van der Waals surface area contributed by atoms with Crippen LogP contribution < -0.4 is 4.90 Å². The predicted molar refractivity (Wildman–Crippen MR) is 95.1 cm³/mol. The number of hydrogen-bond acceptors (Lipinski definition) is 5. The van der Waals surface area contributed by atoms with Gasteiger partial charge in [0.15, 0.2) is 0 Å². The van der Waals surface area contributed by atoms with Crippen LogP contribution >= 0.6 is 11.5 Å². The topological polar surface area (TPSA) is 49.3 Å². The summed E-state index contributed by atoms with van der Waals surface area (Å²) in [5.41, 5.74) is 2.44. The monoisotopic (exact) mass is 332 g/mol. The maximum absolute atomic E-state index is 12.2. The zero-order chi connectivity index (χ0) is 16.8. The molecule has 0 aliphatic rings. The Morgan fingerprint density at radius 3 is 2.43 bits per heavy atom. The fourth-order valence-electron chi connectivity index (χ4n) is 2.31. The average molecular weight is 332 g/mol. The molecule has 0 saturated carbocycles. The fourth-order valence-corrected chi connectivity index (χ4v) is 2.95. The van der Waals surface area contributed by atoms with Gasteiger partial charge in [-0.05, 0) is 26.3 Å². The molecule has 1 amide bonds. The lowest BCUT2D eigenvalue weighted by Gasteiger charge is -2.22. The summed E-state index contributed by atoms with van der Waals surface area (Å²) in [7, 11) is 1.89. The SMILES string of the molecule is CCN(CC)C(=O)CN(C)c1nc(Cc2ccc(C)cc2)ns1. The van der Waals surface area contributed by atoms with Gasteiger partial charge in [0.05, 0.1) is 6.54 Å². The number of benzene rings is 1. The van der Waals surface area contributed by atoms with Gasteiger partial charge in [-0.1, -0.05) is 29.8 Å². The minimum Gasteiger partial charge on any atom is -0.342 e. The number of aryl methyl sites for hydroxylation is 1. The van der Waals surface area contributed by atoms with Crippen LogP contribution in [0.5, 0.6) is 0 Å². The fraction of sp³-hybridized carbons (Fsp3) is 0.471. The molecule has 0 spiro atoms. The Bertz CT molecular complexity index is 634. The van der Waals surface area contributed by atoms with Crippen LogP contribution in [0.25, 0.3) is 0 Å². The van der Waals surface area contributed by atoms with Crippen molar-refractivity contribution in [3.63, 3.8) is 0 Å². The van der Waals surface area contributed by atoms with Gasteiger partial charge in [-0.15, -0.1) is 0 Å². The zero-order valence-electron chi connectivity index (χ0n) is 14.2. The van der Waals surface area contributed by atoms with E-state index < -0.39 is 0 Å². The van der Waals surface area contributed by atoms with Crippen molar-refractivity contribution in [1.82, 2.24) is 14.3 Å². The van der Waals surface area contributed by atoms with E-state index in [-0.39, 0.29) is 5.91 Å². The highest BCUT2D eigenvalue weighted by Crippen LogP contribution is 2.18. The highest BCUT2D eigenvalue weighted by atomic mass is 32.1. The molecule has 1 heterocycles. The number of carbonyl (C=O) groups excluding carboxylic acids is 1. The Balaban J connectivity index is 1.98. The summed E-state index contributed by atoms with van der Waals surface area (Å²) in [5, 5.41) is 0.785. The molecular formula is C17H24N4OS. The van der Waals surface area contributed by atoms with Gasteiger partial charge in [-0.25, -0.2) is 4.98 Å². The van der Waals surface area contributed by atoms with E-state index in [1.54, 1.807) is 0 Å². The molecule has 0 aliphatic heterocycles. The third kappa shape index (κ3) is 4.76. The third-order valence-electron chi connectivity index (χ3n) is 3.76. The molecule has 0 fully saturated rings. The standard InChI is InChI=1S/C17H24N4OS/c1-5-21(6-2)16(22)12-20(4)17-18-15(19-23-17)11-14-9-7-13(3)8-10-14/h7-10H,5-6,11-12H2,1-4H3. The summed E-state index contributed by atoms with van der Waals surface area (Å²) >= 11 is 1.34. The number of amides is 1. The third-order valence-corrected chi connectivity index (χ3v) is 4.62. The highest BCUT2D eigenvalue weighted by molar-refractivity contribution is 7.09. The van der Waals surface area contributed by atoms with Gasteiger partial charge < -0.3 is 9.80 Å². The number of hydrogen-bond donors (Lipinski definition) is 0. The lowest BCUT2D eigenvalue weighted by Crippen LogP contribution is -2.38. The van der Waals surface area contributed by atoms with Gasteiger partial charge in [-0.2, -0.15) is 4.37 Å². The minimum atomic E-state index is 0.118. The lowest BCUT2D eigenvalue weighted by atomic mass is 10.1. The molecule has 0 aliphatic carbocycles. The first-order valence-corrected chi connectivity index (χ1v) is 8.67. The predicted octanol–water partition coefficient (Wildman–Crippen LogP) is 2.74. The normalized spacial score (nSPS) is 10.6. The Morgan fingerprint density at radius 1 is 1.17 bits per heavy atom. The van der Waals surface area contributed by atoms with Crippen molar-refractivity contribution in [1.29, 1.82) is 0 Å². The molecule has 5 nitrogen and oxygen atoms in total. The van der Waals surface area contributed by atoms with Crippen LogP contribution in [0.4, 0.5) is 5.13 Å². The van der Waals surface area contributed by atoms with Gasteiger partial charge in [0, 0.05) is 38.1 Å². The number of rotatable bonds is 7. The van der Waals surface area contributed by atoms with Gasteiger partial charge in [-0.3, -0.25) is 4.79 Å². The van der Waals surface area contributed by atoms with Crippen molar-refractivity contribution >= 4 is 22.6 Å². The molecule has 2 rings (SSSR count). The van der Waals surface area contributed by atoms with Crippen LogP contribution in [0, 0.1) is 6.92 Å². The first-order valence-electron chi connectivity index (χ1n) is 7.90. The first-order chi connectivity index (χ1) is 11.0.